The van der Waals surface area contributed by atoms with E-state index in [1.54, 1.807) is 6.20 Å². The van der Waals surface area contributed by atoms with Gasteiger partial charge in [-0.05, 0) is 57.4 Å². The van der Waals surface area contributed by atoms with E-state index in [0.717, 1.165) is 68.1 Å². The molecule has 0 bridgehead atoms. The highest BCUT2D eigenvalue weighted by molar-refractivity contribution is 5.74. The largest absolute Gasteiger partial charge is 0.335 e. The zero-order chi connectivity index (χ0) is 20.8. The summed E-state index contributed by atoms with van der Waals surface area (Å²) in [4.78, 5) is 21.4. The highest BCUT2D eigenvalue weighted by Crippen LogP contribution is 2.27. The van der Waals surface area contributed by atoms with Crippen LogP contribution in [0.15, 0.2) is 18.3 Å². The van der Waals surface area contributed by atoms with E-state index >= 15 is 0 Å². The molecule has 8 nitrogen and oxygen atoms in total. The average molecular weight is 412 g/mol. The van der Waals surface area contributed by atoms with E-state index < -0.39 is 0 Å². The Morgan fingerprint density at radius 1 is 1.03 bits per heavy atom. The summed E-state index contributed by atoms with van der Waals surface area (Å²) in [5.41, 5.74) is 1.00. The van der Waals surface area contributed by atoms with Crippen LogP contribution in [0, 0.1) is 12.8 Å². The summed E-state index contributed by atoms with van der Waals surface area (Å²) in [5, 5.41) is 16.7. The van der Waals surface area contributed by atoms with Crippen LogP contribution in [0.25, 0.3) is 0 Å². The van der Waals surface area contributed by atoms with Crippen molar-refractivity contribution in [1.29, 1.82) is 0 Å². The van der Waals surface area contributed by atoms with E-state index in [1.165, 1.54) is 19.3 Å². The number of urea groups is 1. The monoisotopic (exact) mass is 411 g/mol. The number of hydrogen-bond donors (Lipinski definition) is 4. The van der Waals surface area contributed by atoms with Crippen LogP contribution in [0.1, 0.15) is 69.3 Å². The minimum Gasteiger partial charge on any atom is -0.335 e. The maximum Gasteiger partial charge on any atom is 0.315 e. The normalized spacial score (nSPS) is 22.4. The summed E-state index contributed by atoms with van der Waals surface area (Å²) < 4.78 is 0. The molecule has 4 N–H and O–H groups in total. The highest BCUT2D eigenvalue weighted by atomic mass is 16.2. The predicted octanol–water partition coefficient (Wildman–Crippen LogP) is 3.98. The quantitative estimate of drug-likeness (QED) is 0.575. The summed E-state index contributed by atoms with van der Waals surface area (Å²) in [5.74, 6) is 2.95. The van der Waals surface area contributed by atoms with Gasteiger partial charge in [0, 0.05) is 36.5 Å². The number of anilines is 2. The van der Waals surface area contributed by atoms with Gasteiger partial charge in [-0.3, -0.25) is 5.10 Å². The number of nitrogens with one attached hydrogen (secondary N) is 4. The Labute approximate surface area is 178 Å². The molecule has 2 heterocycles. The van der Waals surface area contributed by atoms with Crippen molar-refractivity contribution < 1.29 is 4.79 Å². The molecular weight excluding hydrogens is 378 g/mol. The lowest BCUT2D eigenvalue weighted by Gasteiger charge is -2.30. The SMILES string of the molecule is Cc1cc(Nc2ccnc(CC3CCC(NC(=O)NC4CCCCC4)CC3)n2)n[nH]1. The number of aromatic amines is 1. The van der Waals surface area contributed by atoms with Gasteiger partial charge in [-0.1, -0.05) is 19.3 Å². The maximum atomic E-state index is 12.3. The Bertz CT molecular complexity index is 822. The molecule has 162 valence electrons. The van der Waals surface area contributed by atoms with Gasteiger partial charge in [0.25, 0.3) is 0 Å². The van der Waals surface area contributed by atoms with Crippen LogP contribution in [0.2, 0.25) is 0 Å². The number of aryl methyl sites for hydroxylation is 1. The Balaban J connectivity index is 1.21. The molecule has 2 fully saturated rings. The van der Waals surface area contributed by atoms with Crippen molar-refractivity contribution in [3.63, 3.8) is 0 Å². The van der Waals surface area contributed by atoms with Crippen molar-refractivity contribution in [2.45, 2.75) is 83.2 Å². The smallest absolute Gasteiger partial charge is 0.315 e. The summed E-state index contributed by atoms with van der Waals surface area (Å²) in [6.45, 7) is 1.97. The molecule has 0 atom stereocenters. The highest BCUT2D eigenvalue weighted by Gasteiger charge is 2.24. The number of hydrogen-bond acceptors (Lipinski definition) is 5. The van der Waals surface area contributed by atoms with Crippen LogP contribution >= 0.6 is 0 Å². The van der Waals surface area contributed by atoms with E-state index in [4.69, 9.17) is 0 Å². The fraction of sp³-hybridized carbons (Fsp3) is 0.636. The van der Waals surface area contributed by atoms with Crippen molar-refractivity contribution in [2.75, 3.05) is 5.32 Å². The number of aromatic nitrogens is 4. The minimum absolute atomic E-state index is 0.0149. The Morgan fingerprint density at radius 3 is 2.47 bits per heavy atom. The molecule has 2 aromatic rings. The summed E-state index contributed by atoms with van der Waals surface area (Å²) in [6, 6.07) is 4.46. The molecule has 8 heteroatoms. The molecule has 30 heavy (non-hydrogen) atoms. The first-order chi connectivity index (χ1) is 14.6. The number of rotatable bonds is 6. The van der Waals surface area contributed by atoms with E-state index in [0.29, 0.717) is 12.0 Å². The van der Waals surface area contributed by atoms with Gasteiger partial charge in [-0.15, -0.1) is 0 Å². The summed E-state index contributed by atoms with van der Waals surface area (Å²) >= 11 is 0. The molecule has 2 aliphatic carbocycles. The molecule has 2 amide bonds. The number of nitrogens with zero attached hydrogens (tertiary/aromatic N) is 3. The molecule has 0 spiro atoms. The Kier molecular flexibility index (Phi) is 6.81. The lowest BCUT2D eigenvalue weighted by Crippen LogP contribution is -2.47. The first-order valence-corrected chi connectivity index (χ1v) is 11.3. The lowest BCUT2D eigenvalue weighted by atomic mass is 9.84. The van der Waals surface area contributed by atoms with Crippen molar-refractivity contribution in [3.8, 4) is 0 Å². The van der Waals surface area contributed by atoms with Crippen LogP contribution in [-0.4, -0.2) is 38.3 Å². The summed E-state index contributed by atoms with van der Waals surface area (Å²) in [6.07, 6.45) is 12.9. The maximum absolute atomic E-state index is 12.3. The van der Waals surface area contributed by atoms with E-state index in [1.807, 2.05) is 19.1 Å². The molecule has 0 aliphatic heterocycles. The zero-order valence-corrected chi connectivity index (χ0v) is 17.8. The van der Waals surface area contributed by atoms with Crippen molar-refractivity contribution in [2.24, 2.45) is 5.92 Å². The second-order valence-electron chi connectivity index (χ2n) is 8.79. The fourth-order valence-corrected chi connectivity index (χ4v) is 4.61. The molecule has 2 aliphatic rings. The fourth-order valence-electron chi connectivity index (χ4n) is 4.61. The van der Waals surface area contributed by atoms with Gasteiger partial charge in [-0.25, -0.2) is 14.8 Å². The standard InChI is InChI=1S/C22H33N7O/c1-15-13-21(29-28-15)27-19-11-12-23-20(26-19)14-16-7-9-18(10-8-16)25-22(30)24-17-5-3-2-4-6-17/h11-13,16-18H,2-10,14H2,1H3,(H2,24,25,30)(H2,23,26,27,28,29). The summed E-state index contributed by atoms with van der Waals surface area (Å²) in [7, 11) is 0. The predicted molar refractivity (Wildman–Crippen MR) is 117 cm³/mol. The van der Waals surface area contributed by atoms with Crippen LogP contribution in [0.5, 0.6) is 0 Å². The van der Waals surface area contributed by atoms with Crippen molar-refractivity contribution >= 4 is 17.7 Å². The number of carbonyl (C=O) groups excluding carboxylic acids is 1. The number of carbonyl (C=O) groups is 1. The van der Waals surface area contributed by atoms with Crippen LogP contribution < -0.4 is 16.0 Å². The van der Waals surface area contributed by atoms with Crippen molar-refractivity contribution in [1.82, 2.24) is 30.8 Å². The third kappa shape index (κ3) is 5.93. The Morgan fingerprint density at radius 2 is 1.77 bits per heavy atom. The third-order valence-corrected chi connectivity index (χ3v) is 6.26. The van der Waals surface area contributed by atoms with Crippen molar-refractivity contribution in [3.05, 3.63) is 29.8 Å². The molecule has 0 saturated heterocycles. The molecule has 2 aromatic heterocycles. The van der Waals surface area contributed by atoms with E-state index in [-0.39, 0.29) is 12.1 Å². The first-order valence-electron chi connectivity index (χ1n) is 11.3. The molecule has 0 aromatic carbocycles. The van der Waals surface area contributed by atoms with Gasteiger partial charge < -0.3 is 16.0 Å². The van der Waals surface area contributed by atoms with Gasteiger partial charge in [0.1, 0.15) is 11.6 Å². The lowest BCUT2D eigenvalue weighted by molar-refractivity contribution is 0.219. The van der Waals surface area contributed by atoms with Gasteiger partial charge in [-0.2, -0.15) is 5.10 Å². The van der Waals surface area contributed by atoms with Gasteiger partial charge >= 0.3 is 6.03 Å². The third-order valence-electron chi connectivity index (χ3n) is 6.26. The Hall–Kier alpha value is -2.64. The number of amides is 2. The van der Waals surface area contributed by atoms with E-state index in [9.17, 15) is 4.79 Å². The molecule has 0 radical (unpaired) electrons. The second kappa shape index (κ2) is 9.91. The van der Waals surface area contributed by atoms with Crippen LogP contribution in [-0.2, 0) is 6.42 Å². The molecule has 4 rings (SSSR count). The molecule has 2 saturated carbocycles. The van der Waals surface area contributed by atoms with Crippen LogP contribution in [0.4, 0.5) is 16.4 Å². The number of H-pyrrole nitrogens is 1. The van der Waals surface area contributed by atoms with Gasteiger partial charge in [0.15, 0.2) is 5.82 Å². The zero-order valence-electron chi connectivity index (χ0n) is 17.8. The van der Waals surface area contributed by atoms with Gasteiger partial charge in [0.05, 0.1) is 0 Å². The molecular formula is C22H33N7O. The molecule has 0 unspecified atom stereocenters. The van der Waals surface area contributed by atoms with Gasteiger partial charge in [0.2, 0.25) is 0 Å². The second-order valence-corrected chi connectivity index (χ2v) is 8.79. The minimum atomic E-state index is 0.0149. The topological polar surface area (TPSA) is 108 Å². The van der Waals surface area contributed by atoms with Crippen LogP contribution in [0.3, 0.4) is 0 Å². The van der Waals surface area contributed by atoms with E-state index in [2.05, 4.69) is 36.1 Å². The first kappa shape index (κ1) is 20.6. The average Bonchev–Trinajstić information content (AvgIpc) is 3.15.